The van der Waals surface area contributed by atoms with Gasteiger partial charge in [-0.3, -0.25) is 10.4 Å². The van der Waals surface area contributed by atoms with Gasteiger partial charge < -0.3 is 10.1 Å². The first kappa shape index (κ1) is 18.1. The smallest absolute Gasteiger partial charge is 0.320 e. The van der Waals surface area contributed by atoms with E-state index in [9.17, 15) is 4.79 Å². The lowest BCUT2D eigenvalue weighted by atomic mass is 10.1. The fraction of sp³-hybridized carbons (Fsp3) is 0.278. The van der Waals surface area contributed by atoms with Crippen molar-refractivity contribution in [3.05, 3.63) is 48.2 Å². The SMILES string of the molecule is CCOc1n[nH]c2cc(NC(=O)N[C@H](CSC)c3ccccc3)ncc12. The molecule has 3 rings (SSSR count). The molecule has 0 saturated carbocycles. The van der Waals surface area contributed by atoms with Crippen LogP contribution in [0.2, 0.25) is 0 Å². The van der Waals surface area contributed by atoms with Gasteiger partial charge in [0.1, 0.15) is 5.82 Å². The number of rotatable bonds is 7. The lowest BCUT2D eigenvalue weighted by molar-refractivity contribution is 0.249. The van der Waals surface area contributed by atoms with Gasteiger partial charge in [-0.15, -0.1) is 5.10 Å². The number of ether oxygens (including phenoxy) is 1. The molecule has 2 amide bonds. The van der Waals surface area contributed by atoms with Crippen molar-refractivity contribution in [1.29, 1.82) is 0 Å². The number of thioether (sulfide) groups is 1. The molecule has 0 saturated heterocycles. The van der Waals surface area contributed by atoms with E-state index in [0.717, 1.165) is 22.2 Å². The molecule has 8 heteroatoms. The predicted molar refractivity (Wildman–Crippen MR) is 105 cm³/mol. The van der Waals surface area contributed by atoms with Gasteiger partial charge in [-0.25, -0.2) is 9.78 Å². The van der Waals surface area contributed by atoms with E-state index in [1.807, 2.05) is 43.5 Å². The van der Waals surface area contributed by atoms with Crippen molar-refractivity contribution in [2.45, 2.75) is 13.0 Å². The second-order valence-electron chi connectivity index (χ2n) is 5.59. The lowest BCUT2D eigenvalue weighted by Crippen LogP contribution is -2.34. The molecule has 26 heavy (non-hydrogen) atoms. The average Bonchev–Trinajstić information content (AvgIpc) is 3.05. The summed E-state index contributed by atoms with van der Waals surface area (Å²) >= 11 is 1.68. The third-order valence-electron chi connectivity index (χ3n) is 3.78. The number of pyridine rings is 1. The number of H-pyrrole nitrogens is 1. The Morgan fingerprint density at radius 2 is 2.15 bits per heavy atom. The summed E-state index contributed by atoms with van der Waals surface area (Å²) in [6.07, 6.45) is 3.65. The minimum absolute atomic E-state index is 0.0772. The highest BCUT2D eigenvalue weighted by molar-refractivity contribution is 7.98. The van der Waals surface area contributed by atoms with Crippen molar-refractivity contribution in [2.75, 3.05) is 23.9 Å². The van der Waals surface area contributed by atoms with E-state index < -0.39 is 0 Å². The first-order chi connectivity index (χ1) is 12.7. The summed E-state index contributed by atoms with van der Waals surface area (Å²) in [4.78, 5) is 16.7. The average molecular weight is 371 g/mol. The van der Waals surface area contributed by atoms with Crippen molar-refractivity contribution in [3.63, 3.8) is 0 Å². The number of nitrogens with zero attached hydrogens (tertiary/aromatic N) is 2. The summed E-state index contributed by atoms with van der Waals surface area (Å²) in [6.45, 7) is 2.42. The summed E-state index contributed by atoms with van der Waals surface area (Å²) < 4.78 is 5.42. The van der Waals surface area contributed by atoms with Crippen LogP contribution < -0.4 is 15.4 Å². The summed E-state index contributed by atoms with van der Waals surface area (Å²) in [5, 5.41) is 13.5. The summed E-state index contributed by atoms with van der Waals surface area (Å²) in [5.41, 5.74) is 1.82. The fourth-order valence-corrected chi connectivity index (χ4v) is 3.20. The number of anilines is 1. The minimum Gasteiger partial charge on any atom is -0.476 e. The summed E-state index contributed by atoms with van der Waals surface area (Å²) in [7, 11) is 0. The Morgan fingerprint density at radius 1 is 1.35 bits per heavy atom. The van der Waals surface area contributed by atoms with Gasteiger partial charge in [0.15, 0.2) is 0 Å². The maximum Gasteiger partial charge on any atom is 0.320 e. The van der Waals surface area contributed by atoms with Crippen molar-refractivity contribution in [3.8, 4) is 5.88 Å². The molecule has 7 nitrogen and oxygen atoms in total. The predicted octanol–water partition coefficient (Wildman–Crippen LogP) is 3.58. The van der Waals surface area contributed by atoms with E-state index in [1.54, 1.807) is 24.0 Å². The van der Waals surface area contributed by atoms with E-state index in [1.165, 1.54) is 0 Å². The number of carbonyl (C=O) groups excluding carboxylic acids is 1. The van der Waals surface area contributed by atoms with Crippen molar-refractivity contribution in [1.82, 2.24) is 20.5 Å². The van der Waals surface area contributed by atoms with Gasteiger partial charge in [-0.05, 0) is 18.7 Å². The molecule has 3 aromatic rings. The zero-order valence-corrected chi connectivity index (χ0v) is 15.5. The fourth-order valence-electron chi connectivity index (χ4n) is 2.59. The van der Waals surface area contributed by atoms with Crippen molar-refractivity contribution >= 4 is 34.5 Å². The second kappa shape index (κ2) is 8.57. The van der Waals surface area contributed by atoms with Crippen LogP contribution in [-0.2, 0) is 0 Å². The minimum atomic E-state index is -0.302. The number of urea groups is 1. The van der Waals surface area contributed by atoms with Gasteiger partial charge >= 0.3 is 6.03 Å². The standard InChI is InChI=1S/C18H21N5O2S/c1-3-25-17-13-10-19-16(9-14(13)22-23-17)21-18(24)20-15(11-26-2)12-7-5-4-6-8-12/h4-10,15H,3,11H2,1-2H3,(H,22,23)(H2,19,20,21,24)/t15-/m1/s1. The third-order valence-corrected chi connectivity index (χ3v) is 4.44. The van der Waals surface area contributed by atoms with Crippen LogP contribution in [0, 0.1) is 0 Å². The number of aromatic amines is 1. The molecule has 3 N–H and O–H groups in total. The maximum absolute atomic E-state index is 12.4. The Kier molecular flexibility index (Phi) is 5.96. The van der Waals surface area contributed by atoms with Gasteiger partial charge in [-0.2, -0.15) is 11.8 Å². The molecule has 0 unspecified atom stereocenters. The highest BCUT2D eigenvalue weighted by atomic mass is 32.2. The molecule has 1 aromatic carbocycles. The molecule has 0 aliphatic rings. The Hall–Kier alpha value is -2.74. The quantitative estimate of drug-likeness (QED) is 0.590. The van der Waals surface area contributed by atoms with Crippen LogP contribution >= 0.6 is 11.8 Å². The van der Waals surface area contributed by atoms with Crippen LogP contribution in [-0.4, -0.2) is 39.8 Å². The van der Waals surface area contributed by atoms with E-state index in [2.05, 4.69) is 25.8 Å². The van der Waals surface area contributed by atoms with E-state index in [-0.39, 0.29) is 12.1 Å². The number of hydrogen-bond donors (Lipinski definition) is 3. The zero-order chi connectivity index (χ0) is 18.4. The molecule has 0 aliphatic heterocycles. The number of nitrogens with one attached hydrogen (secondary N) is 3. The highest BCUT2D eigenvalue weighted by Crippen LogP contribution is 2.23. The van der Waals surface area contributed by atoms with Crippen LogP contribution in [0.5, 0.6) is 5.88 Å². The van der Waals surface area contributed by atoms with Crippen LogP contribution in [0.4, 0.5) is 10.6 Å². The molecule has 2 heterocycles. The van der Waals surface area contributed by atoms with Crippen LogP contribution in [0.1, 0.15) is 18.5 Å². The Labute approximate surface area is 155 Å². The number of benzene rings is 1. The number of amides is 2. The van der Waals surface area contributed by atoms with Crippen molar-refractivity contribution in [2.24, 2.45) is 0 Å². The summed E-state index contributed by atoms with van der Waals surface area (Å²) in [6, 6.07) is 11.3. The maximum atomic E-state index is 12.4. The van der Waals surface area contributed by atoms with Gasteiger partial charge in [0.2, 0.25) is 5.88 Å². The molecule has 0 bridgehead atoms. The van der Waals surface area contributed by atoms with Gasteiger partial charge in [0.25, 0.3) is 0 Å². The topological polar surface area (TPSA) is 91.9 Å². The first-order valence-electron chi connectivity index (χ1n) is 8.29. The molecular weight excluding hydrogens is 350 g/mol. The monoisotopic (exact) mass is 371 g/mol. The zero-order valence-electron chi connectivity index (χ0n) is 14.7. The van der Waals surface area contributed by atoms with E-state index in [0.29, 0.717) is 18.3 Å². The van der Waals surface area contributed by atoms with Crippen LogP contribution in [0.3, 0.4) is 0 Å². The molecular formula is C18H21N5O2S. The first-order valence-corrected chi connectivity index (χ1v) is 9.69. The van der Waals surface area contributed by atoms with E-state index >= 15 is 0 Å². The molecule has 136 valence electrons. The lowest BCUT2D eigenvalue weighted by Gasteiger charge is -2.18. The van der Waals surface area contributed by atoms with Gasteiger partial charge in [0.05, 0.1) is 23.6 Å². The second-order valence-corrected chi connectivity index (χ2v) is 6.50. The van der Waals surface area contributed by atoms with Crippen molar-refractivity contribution < 1.29 is 9.53 Å². The molecule has 0 fully saturated rings. The Bertz CT molecular complexity index is 868. The van der Waals surface area contributed by atoms with Crippen LogP contribution in [0.25, 0.3) is 10.9 Å². The number of hydrogen-bond acceptors (Lipinski definition) is 5. The normalized spacial score (nSPS) is 11.9. The highest BCUT2D eigenvalue weighted by Gasteiger charge is 2.15. The number of carbonyl (C=O) groups is 1. The molecule has 0 aliphatic carbocycles. The molecule has 0 radical (unpaired) electrons. The van der Waals surface area contributed by atoms with Crippen LogP contribution in [0.15, 0.2) is 42.6 Å². The number of aromatic nitrogens is 3. The van der Waals surface area contributed by atoms with E-state index in [4.69, 9.17) is 4.74 Å². The number of fused-ring (bicyclic) bond motifs is 1. The van der Waals surface area contributed by atoms with Gasteiger partial charge in [-0.1, -0.05) is 30.3 Å². The largest absolute Gasteiger partial charge is 0.476 e. The third kappa shape index (κ3) is 4.26. The molecule has 0 spiro atoms. The van der Waals surface area contributed by atoms with Gasteiger partial charge in [0, 0.05) is 18.0 Å². The molecule has 1 atom stereocenters. The summed E-state index contributed by atoms with van der Waals surface area (Å²) in [5.74, 6) is 1.73. The Morgan fingerprint density at radius 3 is 2.88 bits per heavy atom. The Balaban J connectivity index is 1.69. The molecule has 2 aromatic heterocycles.